The Balaban J connectivity index is 2.01. The Morgan fingerprint density at radius 1 is 1.37 bits per heavy atom. The highest BCUT2D eigenvalue weighted by Crippen LogP contribution is 2.17. The van der Waals surface area contributed by atoms with Crippen LogP contribution in [0, 0.1) is 0 Å². The summed E-state index contributed by atoms with van der Waals surface area (Å²) in [4.78, 5) is 11.7. The maximum atomic E-state index is 11.7. The van der Waals surface area contributed by atoms with Crippen LogP contribution in [0.5, 0.6) is 0 Å². The predicted molar refractivity (Wildman–Crippen MR) is 73.3 cm³/mol. The molecule has 0 aliphatic heterocycles. The molecule has 19 heavy (non-hydrogen) atoms. The summed E-state index contributed by atoms with van der Waals surface area (Å²) in [5, 5.41) is 13.7. The molecule has 98 valence electrons. The van der Waals surface area contributed by atoms with Gasteiger partial charge in [0.25, 0.3) is 0 Å². The summed E-state index contributed by atoms with van der Waals surface area (Å²) in [6, 6.07) is 3.54. The summed E-state index contributed by atoms with van der Waals surface area (Å²) in [6.45, 7) is 3.46. The lowest BCUT2D eigenvalue weighted by Gasteiger charge is -2.08. The monoisotopic (exact) mass is 275 g/mol. The molecule has 0 fully saturated rings. The quantitative estimate of drug-likeness (QED) is 0.724. The number of aromatic nitrogens is 5. The lowest BCUT2D eigenvalue weighted by molar-refractivity contribution is 0.545. The zero-order valence-corrected chi connectivity index (χ0v) is 11.3. The lowest BCUT2D eigenvalue weighted by atomic mass is 10.3. The molecule has 0 atom stereocenters. The van der Waals surface area contributed by atoms with Crippen molar-refractivity contribution >= 4 is 21.6 Å². The van der Waals surface area contributed by atoms with Crippen molar-refractivity contribution in [3.8, 4) is 0 Å². The number of fused-ring (bicyclic) bond motifs is 1. The van der Waals surface area contributed by atoms with Crippen molar-refractivity contribution in [2.24, 2.45) is 0 Å². The van der Waals surface area contributed by atoms with Gasteiger partial charge in [0.2, 0.25) is 0 Å². The van der Waals surface area contributed by atoms with Crippen molar-refractivity contribution in [3.63, 3.8) is 0 Å². The van der Waals surface area contributed by atoms with Gasteiger partial charge in [0.05, 0.1) is 16.8 Å². The first-order valence-corrected chi connectivity index (χ1v) is 6.99. The summed E-state index contributed by atoms with van der Waals surface area (Å²) in [7, 11) is 0. The third-order valence-electron chi connectivity index (χ3n) is 2.94. The largest absolute Gasteiger partial charge is 0.339 e. The van der Waals surface area contributed by atoms with E-state index in [4.69, 9.17) is 0 Å². The van der Waals surface area contributed by atoms with E-state index in [2.05, 4.69) is 22.4 Å². The van der Waals surface area contributed by atoms with E-state index in [9.17, 15) is 4.79 Å². The highest BCUT2D eigenvalue weighted by Gasteiger charge is 2.09. The minimum atomic E-state index is 0.0643. The minimum Gasteiger partial charge on any atom is -0.339 e. The van der Waals surface area contributed by atoms with E-state index < -0.39 is 0 Å². The van der Waals surface area contributed by atoms with Crippen molar-refractivity contribution in [2.45, 2.75) is 26.4 Å². The zero-order chi connectivity index (χ0) is 13.2. The van der Waals surface area contributed by atoms with Crippen molar-refractivity contribution < 1.29 is 0 Å². The van der Waals surface area contributed by atoms with Crippen LogP contribution in [0.25, 0.3) is 10.2 Å². The van der Waals surface area contributed by atoms with Crippen molar-refractivity contribution in [1.29, 1.82) is 0 Å². The number of hydrogen-bond acceptors (Lipinski definition) is 5. The molecule has 0 N–H and O–H groups in total. The van der Waals surface area contributed by atoms with Crippen LogP contribution >= 0.6 is 11.3 Å². The summed E-state index contributed by atoms with van der Waals surface area (Å²) in [5.41, 5.74) is 0.998. The Morgan fingerprint density at radius 2 is 2.26 bits per heavy atom. The second-order valence-electron chi connectivity index (χ2n) is 4.26. The molecule has 0 bridgehead atoms. The topological polar surface area (TPSA) is 65.6 Å². The minimum absolute atomic E-state index is 0.0643. The molecule has 0 spiro atoms. The number of tetrazole rings is 1. The van der Waals surface area contributed by atoms with Crippen LogP contribution in [0.3, 0.4) is 0 Å². The van der Waals surface area contributed by atoms with Gasteiger partial charge in [0.1, 0.15) is 0 Å². The summed E-state index contributed by atoms with van der Waals surface area (Å²) in [6.07, 6.45) is 2.78. The number of hydrogen-bond donors (Lipinski definition) is 0. The number of aryl methyl sites for hydroxylation is 1. The number of thiophene rings is 1. The fraction of sp³-hybridized carbons (Fsp3) is 0.333. The van der Waals surface area contributed by atoms with E-state index in [1.54, 1.807) is 16.9 Å². The molecule has 6 nitrogen and oxygen atoms in total. The molecule has 0 saturated carbocycles. The Bertz CT molecular complexity index is 757. The van der Waals surface area contributed by atoms with Gasteiger partial charge >= 0.3 is 0 Å². The molecule has 3 aromatic rings. The normalized spacial score (nSPS) is 11.2. The van der Waals surface area contributed by atoms with Gasteiger partial charge in [-0.2, -0.15) is 0 Å². The Kier molecular flexibility index (Phi) is 3.12. The molecule has 3 rings (SSSR count). The second kappa shape index (κ2) is 4.93. The average Bonchev–Trinajstić information content (AvgIpc) is 3.03. The van der Waals surface area contributed by atoms with E-state index in [1.807, 2.05) is 16.0 Å². The van der Waals surface area contributed by atoms with E-state index in [1.165, 1.54) is 11.3 Å². The van der Waals surface area contributed by atoms with Gasteiger partial charge in [0.15, 0.2) is 11.3 Å². The molecule has 0 aromatic carbocycles. The first-order valence-electron chi connectivity index (χ1n) is 6.11. The second-order valence-corrected chi connectivity index (χ2v) is 5.18. The third kappa shape index (κ3) is 2.17. The van der Waals surface area contributed by atoms with Gasteiger partial charge in [0, 0.05) is 18.8 Å². The first kappa shape index (κ1) is 12.0. The highest BCUT2D eigenvalue weighted by atomic mass is 32.1. The van der Waals surface area contributed by atoms with Crippen molar-refractivity contribution in [2.75, 3.05) is 0 Å². The Morgan fingerprint density at radius 3 is 3.11 bits per heavy atom. The molecule has 0 radical (unpaired) electrons. The molecule has 0 aliphatic rings. The maximum absolute atomic E-state index is 11.7. The smallest absolute Gasteiger partial charge is 0.199 e. The van der Waals surface area contributed by atoms with Crippen LogP contribution in [-0.4, -0.2) is 24.8 Å². The van der Waals surface area contributed by atoms with Gasteiger partial charge < -0.3 is 4.57 Å². The number of rotatable bonds is 4. The van der Waals surface area contributed by atoms with Crippen LogP contribution in [0.4, 0.5) is 0 Å². The molecule has 0 saturated heterocycles. The lowest BCUT2D eigenvalue weighted by Crippen LogP contribution is -2.12. The van der Waals surface area contributed by atoms with Gasteiger partial charge in [-0.05, 0) is 28.3 Å². The summed E-state index contributed by atoms with van der Waals surface area (Å²) < 4.78 is 4.58. The molecule has 0 unspecified atom stereocenters. The SMILES string of the molecule is CCCn1nnnc1Cn1ccc(=O)c2sccc21. The molecular weight excluding hydrogens is 262 g/mol. The third-order valence-corrected chi connectivity index (χ3v) is 3.85. The fourth-order valence-electron chi connectivity index (χ4n) is 2.04. The first-order chi connectivity index (χ1) is 9.29. The maximum Gasteiger partial charge on any atom is 0.199 e. The standard InChI is InChI=1S/C12H13N5OS/c1-2-5-17-11(13-14-15-17)8-16-6-3-10(18)12-9(16)4-7-19-12/h3-4,6-7H,2,5,8H2,1H3. The molecule has 3 heterocycles. The van der Waals surface area contributed by atoms with Crippen LogP contribution in [0.2, 0.25) is 0 Å². The fourth-order valence-corrected chi connectivity index (χ4v) is 2.86. The number of nitrogens with zero attached hydrogens (tertiary/aromatic N) is 5. The molecule has 0 amide bonds. The Hall–Kier alpha value is -2.02. The van der Waals surface area contributed by atoms with Crippen molar-refractivity contribution in [1.82, 2.24) is 24.8 Å². The van der Waals surface area contributed by atoms with Crippen LogP contribution in [-0.2, 0) is 13.1 Å². The van der Waals surface area contributed by atoms with Crippen molar-refractivity contribution in [3.05, 3.63) is 39.8 Å². The van der Waals surface area contributed by atoms with E-state index in [-0.39, 0.29) is 5.43 Å². The molecule has 7 heteroatoms. The highest BCUT2D eigenvalue weighted by molar-refractivity contribution is 7.17. The van der Waals surface area contributed by atoms with E-state index in [0.29, 0.717) is 6.54 Å². The summed E-state index contributed by atoms with van der Waals surface area (Å²) in [5.74, 6) is 0.804. The number of pyridine rings is 1. The van der Waals surface area contributed by atoms with Gasteiger partial charge in [-0.15, -0.1) is 16.4 Å². The van der Waals surface area contributed by atoms with Crippen LogP contribution in [0.15, 0.2) is 28.5 Å². The van der Waals surface area contributed by atoms with E-state index in [0.717, 1.165) is 29.0 Å². The van der Waals surface area contributed by atoms with Gasteiger partial charge in [-0.25, -0.2) is 4.68 Å². The zero-order valence-electron chi connectivity index (χ0n) is 10.5. The van der Waals surface area contributed by atoms with E-state index >= 15 is 0 Å². The molecule has 0 aliphatic carbocycles. The van der Waals surface area contributed by atoms with Crippen LogP contribution in [0.1, 0.15) is 19.2 Å². The Labute approximate surface area is 113 Å². The molecular formula is C12H13N5OS. The summed E-state index contributed by atoms with van der Waals surface area (Å²) >= 11 is 1.46. The van der Waals surface area contributed by atoms with Gasteiger partial charge in [-0.1, -0.05) is 6.92 Å². The molecule has 3 aromatic heterocycles. The van der Waals surface area contributed by atoms with Gasteiger partial charge in [-0.3, -0.25) is 4.79 Å². The average molecular weight is 275 g/mol. The van der Waals surface area contributed by atoms with Crippen LogP contribution < -0.4 is 5.43 Å². The predicted octanol–water partition coefficient (Wildman–Crippen LogP) is 1.51.